The van der Waals surface area contributed by atoms with E-state index in [1.807, 2.05) is 5.32 Å². The van der Waals surface area contributed by atoms with Crippen LogP contribution in [0.25, 0.3) is 0 Å². The maximum absolute atomic E-state index is 12.4. The second-order valence-corrected chi connectivity index (χ2v) is 6.96. The van der Waals surface area contributed by atoms with Crippen molar-refractivity contribution in [3.63, 3.8) is 0 Å². The number of primary amides is 1. The van der Waals surface area contributed by atoms with Crippen LogP contribution in [0, 0.1) is 0 Å². The van der Waals surface area contributed by atoms with E-state index < -0.39 is 85.6 Å². The van der Waals surface area contributed by atoms with E-state index in [1.165, 1.54) is 0 Å². The molecule has 1 rings (SSSR count). The summed E-state index contributed by atoms with van der Waals surface area (Å²) in [5.74, 6) is -6.39. The van der Waals surface area contributed by atoms with E-state index in [0.29, 0.717) is 13.0 Å². The Labute approximate surface area is 176 Å². The van der Waals surface area contributed by atoms with E-state index >= 15 is 0 Å². The first-order chi connectivity index (χ1) is 14.5. The van der Waals surface area contributed by atoms with E-state index in [9.17, 15) is 33.9 Å². The smallest absolute Gasteiger partial charge is 0.326 e. The highest BCUT2D eigenvalue weighted by Crippen LogP contribution is 2.05. The van der Waals surface area contributed by atoms with Gasteiger partial charge < -0.3 is 42.3 Å². The minimum Gasteiger partial charge on any atom is -0.481 e. The summed E-state index contributed by atoms with van der Waals surface area (Å²) in [5.41, 5.74) is 5.08. The van der Waals surface area contributed by atoms with Gasteiger partial charge in [0.15, 0.2) is 0 Å². The summed E-state index contributed by atoms with van der Waals surface area (Å²) < 4.78 is 0. The largest absolute Gasteiger partial charge is 0.481 e. The third-order valence-corrected chi connectivity index (χ3v) is 4.49. The number of amides is 4. The predicted molar refractivity (Wildman–Crippen MR) is 102 cm³/mol. The molecule has 14 heteroatoms. The van der Waals surface area contributed by atoms with Crippen molar-refractivity contribution >= 4 is 35.6 Å². The normalized spacial score (nSPS) is 18.3. The molecule has 0 aromatic carbocycles. The van der Waals surface area contributed by atoms with Crippen LogP contribution in [0.15, 0.2) is 0 Å². The standard InChI is InChI=1S/C17H27N5O9/c18-12(24)6-10(15(28)20-9(17(30)31)3-4-13(25)26)21-16(29)11(7-23)22-14(27)8-2-1-5-19-8/h8-11,19,23H,1-7H2,(H2,18,24)(H,20,28)(H,21,29)(H,22,27)(H,25,26)(H,30,31). The van der Waals surface area contributed by atoms with Crippen molar-refractivity contribution in [1.82, 2.24) is 21.3 Å². The van der Waals surface area contributed by atoms with Crippen LogP contribution in [-0.2, 0) is 28.8 Å². The fourth-order valence-electron chi connectivity index (χ4n) is 2.86. The molecule has 0 aliphatic carbocycles. The summed E-state index contributed by atoms with van der Waals surface area (Å²) in [5, 5.41) is 36.7. The Bertz CT molecular complexity index is 708. The fourth-order valence-corrected chi connectivity index (χ4v) is 2.86. The fraction of sp³-hybridized carbons (Fsp3) is 0.647. The number of aliphatic hydroxyl groups excluding tert-OH is 1. The number of carbonyl (C=O) groups excluding carboxylic acids is 4. The zero-order valence-corrected chi connectivity index (χ0v) is 16.6. The minimum atomic E-state index is -1.60. The predicted octanol–water partition coefficient (Wildman–Crippen LogP) is -3.99. The molecule has 0 aromatic heterocycles. The lowest BCUT2D eigenvalue weighted by molar-refractivity contribution is -0.143. The first kappa shape index (κ1) is 25.8. The van der Waals surface area contributed by atoms with E-state index in [1.54, 1.807) is 0 Å². The summed E-state index contributed by atoms with van der Waals surface area (Å²) in [6.45, 7) is -0.173. The van der Waals surface area contributed by atoms with Crippen molar-refractivity contribution in [1.29, 1.82) is 0 Å². The van der Waals surface area contributed by atoms with Crippen molar-refractivity contribution in [2.75, 3.05) is 13.2 Å². The Morgan fingerprint density at radius 3 is 2.06 bits per heavy atom. The van der Waals surface area contributed by atoms with Crippen LogP contribution < -0.4 is 27.0 Å². The Balaban J connectivity index is 2.81. The Kier molecular flexibility index (Phi) is 10.3. The Morgan fingerprint density at radius 2 is 1.58 bits per heavy atom. The first-order valence-corrected chi connectivity index (χ1v) is 9.53. The monoisotopic (exact) mass is 445 g/mol. The molecular formula is C17H27N5O9. The molecule has 9 N–H and O–H groups in total. The van der Waals surface area contributed by atoms with Gasteiger partial charge in [-0.05, 0) is 25.8 Å². The van der Waals surface area contributed by atoms with Crippen LogP contribution in [0.5, 0.6) is 0 Å². The molecule has 31 heavy (non-hydrogen) atoms. The second-order valence-electron chi connectivity index (χ2n) is 6.96. The molecule has 0 bridgehead atoms. The summed E-state index contributed by atoms with van der Waals surface area (Å²) in [6.07, 6.45) is -0.360. The van der Waals surface area contributed by atoms with Gasteiger partial charge >= 0.3 is 11.9 Å². The molecule has 0 spiro atoms. The summed E-state index contributed by atoms with van der Waals surface area (Å²) in [7, 11) is 0. The minimum absolute atomic E-state index is 0.433. The van der Waals surface area contributed by atoms with Crippen molar-refractivity contribution in [3.05, 3.63) is 0 Å². The molecule has 0 radical (unpaired) electrons. The molecular weight excluding hydrogens is 418 g/mol. The SMILES string of the molecule is NC(=O)CC(NC(=O)C(CO)NC(=O)C1CCCN1)C(=O)NC(CCC(=O)O)C(=O)O. The molecule has 1 aliphatic rings. The van der Waals surface area contributed by atoms with Gasteiger partial charge in [0.05, 0.1) is 19.1 Å². The van der Waals surface area contributed by atoms with E-state index in [4.69, 9.17) is 15.9 Å². The maximum atomic E-state index is 12.4. The summed E-state index contributed by atoms with van der Waals surface area (Å²) in [4.78, 5) is 70.1. The lowest BCUT2D eigenvalue weighted by Gasteiger charge is -2.23. The van der Waals surface area contributed by atoms with Gasteiger partial charge in [-0.15, -0.1) is 0 Å². The molecule has 1 saturated heterocycles. The number of aliphatic carboxylic acids is 2. The van der Waals surface area contributed by atoms with Crippen LogP contribution in [0.2, 0.25) is 0 Å². The Morgan fingerprint density at radius 1 is 0.968 bits per heavy atom. The van der Waals surface area contributed by atoms with Gasteiger partial charge in [-0.2, -0.15) is 0 Å². The first-order valence-electron chi connectivity index (χ1n) is 9.53. The van der Waals surface area contributed by atoms with Gasteiger partial charge in [-0.3, -0.25) is 24.0 Å². The van der Waals surface area contributed by atoms with Crippen molar-refractivity contribution in [2.24, 2.45) is 5.73 Å². The molecule has 1 heterocycles. The van der Waals surface area contributed by atoms with Gasteiger partial charge in [0.1, 0.15) is 18.1 Å². The molecule has 1 fully saturated rings. The lowest BCUT2D eigenvalue weighted by Crippen LogP contribution is -2.58. The van der Waals surface area contributed by atoms with Crippen LogP contribution in [0.3, 0.4) is 0 Å². The van der Waals surface area contributed by atoms with Crippen LogP contribution >= 0.6 is 0 Å². The number of aliphatic hydroxyl groups is 1. The van der Waals surface area contributed by atoms with Crippen LogP contribution in [0.4, 0.5) is 0 Å². The number of carbonyl (C=O) groups is 6. The second kappa shape index (κ2) is 12.4. The number of rotatable bonds is 13. The lowest BCUT2D eigenvalue weighted by atomic mass is 10.1. The number of hydrogen-bond donors (Lipinski definition) is 8. The average molecular weight is 445 g/mol. The highest BCUT2D eigenvalue weighted by Gasteiger charge is 2.32. The van der Waals surface area contributed by atoms with E-state index in [0.717, 1.165) is 6.42 Å². The highest BCUT2D eigenvalue weighted by atomic mass is 16.4. The topological polar surface area (TPSA) is 237 Å². The van der Waals surface area contributed by atoms with Crippen LogP contribution in [0.1, 0.15) is 32.1 Å². The number of nitrogens with two attached hydrogens (primary N) is 1. The molecule has 4 unspecified atom stereocenters. The van der Waals surface area contributed by atoms with Gasteiger partial charge in [0.25, 0.3) is 0 Å². The molecule has 4 atom stereocenters. The highest BCUT2D eigenvalue weighted by molar-refractivity contribution is 5.96. The molecule has 14 nitrogen and oxygen atoms in total. The molecule has 1 aliphatic heterocycles. The Hall–Kier alpha value is -3.26. The van der Waals surface area contributed by atoms with Gasteiger partial charge in [0, 0.05) is 6.42 Å². The van der Waals surface area contributed by atoms with Gasteiger partial charge in [-0.1, -0.05) is 0 Å². The van der Waals surface area contributed by atoms with Gasteiger partial charge in [0.2, 0.25) is 23.6 Å². The third-order valence-electron chi connectivity index (χ3n) is 4.49. The zero-order chi connectivity index (χ0) is 23.6. The third kappa shape index (κ3) is 8.96. The molecule has 0 aromatic rings. The average Bonchev–Trinajstić information content (AvgIpc) is 3.22. The quantitative estimate of drug-likeness (QED) is 0.137. The zero-order valence-electron chi connectivity index (χ0n) is 16.6. The molecule has 174 valence electrons. The number of carboxylic acid groups (broad SMARTS) is 2. The summed E-state index contributed by atoms with van der Waals surface area (Å²) in [6, 6.07) is -5.15. The number of nitrogens with one attached hydrogen (secondary N) is 4. The number of hydrogen-bond acceptors (Lipinski definition) is 8. The van der Waals surface area contributed by atoms with Crippen molar-refractivity contribution in [3.8, 4) is 0 Å². The molecule has 0 saturated carbocycles. The molecule has 4 amide bonds. The van der Waals surface area contributed by atoms with E-state index in [2.05, 4.69) is 16.0 Å². The maximum Gasteiger partial charge on any atom is 0.326 e. The number of carboxylic acids is 2. The van der Waals surface area contributed by atoms with Crippen molar-refractivity contribution < 1.29 is 44.1 Å². The van der Waals surface area contributed by atoms with Crippen molar-refractivity contribution in [2.45, 2.75) is 56.3 Å². The van der Waals surface area contributed by atoms with Gasteiger partial charge in [-0.25, -0.2) is 4.79 Å². The van der Waals surface area contributed by atoms with Crippen LogP contribution in [-0.4, -0.2) is 88.2 Å². The summed E-state index contributed by atoms with van der Waals surface area (Å²) >= 11 is 0. The van der Waals surface area contributed by atoms with E-state index in [-0.39, 0.29) is 0 Å².